The Bertz CT molecular complexity index is 548. The van der Waals surface area contributed by atoms with Crippen molar-refractivity contribution < 1.29 is 24.2 Å². The highest BCUT2D eigenvalue weighted by Crippen LogP contribution is 2.20. The predicted octanol–water partition coefficient (Wildman–Crippen LogP) is 2.03. The number of carbonyl (C=O) groups excluding carboxylic acids is 1. The van der Waals surface area contributed by atoms with Crippen LogP contribution in [0.25, 0.3) is 0 Å². The third kappa shape index (κ3) is 7.32. The van der Waals surface area contributed by atoms with Crippen LogP contribution in [0.5, 0.6) is 5.75 Å². The summed E-state index contributed by atoms with van der Waals surface area (Å²) in [5.41, 5.74) is 1.95. The van der Waals surface area contributed by atoms with Gasteiger partial charge in [0.1, 0.15) is 5.75 Å². The lowest BCUT2D eigenvalue weighted by Crippen LogP contribution is -2.38. The van der Waals surface area contributed by atoms with Gasteiger partial charge in [-0.1, -0.05) is 12.1 Å². The van der Waals surface area contributed by atoms with Gasteiger partial charge in [0.2, 0.25) is 0 Å². The van der Waals surface area contributed by atoms with Gasteiger partial charge in [0, 0.05) is 45.8 Å². The second kappa shape index (κ2) is 10.5. The minimum absolute atomic E-state index is 0.0810. The highest BCUT2D eigenvalue weighted by atomic mass is 16.5. The molecule has 1 aromatic rings. The largest absolute Gasteiger partial charge is 0.493 e. The van der Waals surface area contributed by atoms with Gasteiger partial charge in [-0.25, -0.2) is 4.79 Å². The number of nitrogens with zero attached hydrogens (tertiary/aromatic N) is 1. The van der Waals surface area contributed by atoms with E-state index in [0.29, 0.717) is 19.8 Å². The van der Waals surface area contributed by atoms with E-state index in [4.69, 9.17) is 14.6 Å². The maximum Gasteiger partial charge on any atom is 0.317 e. The molecular weight excluding hydrogens is 312 g/mol. The standard InChI is InChI=1S/C17H26N2O5/c1-13-5-6-14(15(11-13)24-10-4-9-23-3)12-18-17(22)19(2)8-7-16(20)21/h5-6,11H,4,7-10,12H2,1-3H3,(H,18,22)(H,20,21). The number of aliphatic carboxylic acids is 1. The molecule has 7 nitrogen and oxygen atoms in total. The van der Waals surface area contributed by atoms with Gasteiger partial charge in [0.05, 0.1) is 13.0 Å². The van der Waals surface area contributed by atoms with E-state index in [2.05, 4.69) is 5.32 Å². The number of urea groups is 1. The first-order valence-corrected chi connectivity index (χ1v) is 7.86. The molecule has 2 N–H and O–H groups in total. The van der Waals surface area contributed by atoms with Gasteiger partial charge in [-0.05, 0) is 18.6 Å². The van der Waals surface area contributed by atoms with Gasteiger partial charge < -0.3 is 24.8 Å². The highest BCUT2D eigenvalue weighted by molar-refractivity contribution is 5.75. The van der Waals surface area contributed by atoms with E-state index in [-0.39, 0.29) is 19.0 Å². The van der Waals surface area contributed by atoms with E-state index < -0.39 is 5.97 Å². The van der Waals surface area contributed by atoms with Crippen molar-refractivity contribution in [2.45, 2.75) is 26.3 Å². The monoisotopic (exact) mass is 338 g/mol. The third-order valence-corrected chi connectivity index (χ3v) is 3.41. The quantitative estimate of drug-likeness (QED) is 0.637. The van der Waals surface area contributed by atoms with Crippen molar-refractivity contribution >= 4 is 12.0 Å². The number of carboxylic acids is 1. The molecule has 0 heterocycles. The number of ether oxygens (including phenoxy) is 2. The topological polar surface area (TPSA) is 88.1 Å². The summed E-state index contributed by atoms with van der Waals surface area (Å²) < 4.78 is 10.8. The van der Waals surface area contributed by atoms with Crippen molar-refractivity contribution in [1.82, 2.24) is 10.2 Å². The minimum Gasteiger partial charge on any atom is -0.493 e. The highest BCUT2D eigenvalue weighted by Gasteiger charge is 2.11. The molecule has 0 aliphatic heterocycles. The van der Waals surface area contributed by atoms with Crippen LogP contribution in [-0.4, -0.2) is 55.9 Å². The average molecular weight is 338 g/mol. The minimum atomic E-state index is -0.931. The van der Waals surface area contributed by atoms with E-state index in [0.717, 1.165) is 23.3 Å². The molecule has 1 rings (SSSR count). The molecule has 1 aromatic carbocycles. The van der Waals surface area contributed by atoms with Gasteiger partial charge in [-0.3, -0.25) is 4.79 Å². The number of methoxy groups -OCH3 is 1. The van der Waals surface area contributed by atoms with Crippen molar-refractivity contribution in [2.75, 3.05) is 33.9 Å². The first-order chi connectivity index (χ1) is 11.4. The fourth-order valence-electron chi connectivity index (χ4n) is 2.00. The Hall–Kier alpha value is -2.28. The fourth-order valence-corrected chi connectivity index (χ4v) is 2.00. The molecule has 2 amide bonds. The van der Waals surface area contributed by atoms with E-state index in [1.54, 1.807) is 14.2 Å². The van der Waals surface area contributed by atoms with E-state index in [9.17, 15) is 9.59 Å². The maximum atomic E-state index is 12.0. The SMILES string of the molecule is COCCCOc1cc(C)ccc1CNC(=O)N(C)CCC(=O)O. The molecule has 0 saturated carbocycles. The van der Waals surface area contributed by atoms with E-state index >= 15 is 0 Å². The van der Waals surface area contributed by atoms with Crippen LogP contribution in [-0.2, 0) is 16.1 Å². The van der Waals surface area contributed by atoms with Crippen molar-refractivity contribution in [3.05, 3.63) is 29.3 Å². The summed E-state index contributed by atoms with van der Waals surface area (Å²) in [6.07, 6.45) is 0.705. The summed E-state index contributed by atoms with van der Waals surface area (Å²) in [5.74, 6) is -0.195. The molecule has 0 spiro atoms. The first-order valence-electron chi connectivity index (χ1n) is 7.86. The van der Waals surface area contributed by atoms with Crippen LogP contribution in [0.1, 0.15) is 24.0 Å². The zero-order valence-corrected chi connectivity index (χ0v) is 14.5. The van der Waals surface area contributed by atoms with Crippen molar-refractivity contribution in [2.24, 2.45) is 0 Å². The third-order valence-electron chi connectivity index (χ3n) is 3.41. The Labute approximate surface area is 142 Å². The van der Waals surface area contributed by atoms with Crippen LogP contribution < -0.4 is 10.1 Å². The molecule has 0 unspecified atom stereocenters. The van der Waals surface area contributed by atoms with E-state index in [1.165, 1.54) is 4.90 Å². The lowest BCUT2D eigenvalue weighted by Gasteiger charge is -2.18. The van der Waals surface area contributed by atoms with Crippen LogP contribution in [0.4, 0.5) is 4.79 Å². The molecule has 134 valence electrons. The molecular formula is C17H26N2O5. The average Bonchev–Trinajstić information content (AvgIpc) is 2.55. The molecule has 0 aromatic heterocycles. The Morgan fingerprint density at radius 3 is 2.71 bits per heavy atom. The van der Waals surface area contributed by atoms with Crippen LogP contribution in [0.3, 0.4) is 0 Å². The lowest BCUT2D eigenvalue weighted by atomic mass is 10.1. The Balaban J connectivity index is 2.56. The van der Waals surface area contributed by atoms with Gasteiger partial charge in [-0.15, -0.1) is 0 Å². The second-order valence-corrected chi connectivity index (χ2v) is 5.53. The molecule has 0 atom stereocenters. The van der Waals surface area contributed by atoms with Crippen molar-refractivity contribution in [3.63, 3.8) is 0 Å². The number of nitrogens with one attached hydrogen (secondary N) is 1. The second-order valence-electron chi connectivity index (χ2n) is 5.53. The van der Waals surface area contributed by atoms with Gasteiger partial charge in [0.15, 0.2) is 0 Å². The lowest BCUT2D eigenvalue weighted by molar-refractivity contribution is -0.137. The zero-order chi connectivity index (χ0) is 17.9. The van der Waals surface area contributed by atoms with Crippen LogP contribution >= 0.6 is 0 Å². The maximum absolute atomic E-state index is 12.0. The molecule has 0 aliphatic carbocycles. The number of carboxylic acid groups (broad SMARTS) is 1. The van der Waals surface area contributed by atoms with Gasteiger partial charge in [-0.2, -0.15) is 0 Å². The molecule has 0 aliphatic rings. The van der Waals surface area contributed by atoms with Gasteiger partial charge >= 0.3 is 12.0 Å². The number of hydrogen-bond acceptors (Lipinski definition) is 4. The number of amides is 2. The summed E-state index contributed by atoms with van der Waals surface area (Å²) in [6.45, 7) is 3.62. The number of rotatable bonds is 10. The number of hydrogen-bond donors (Lipinski definition) is 2. The zero-order valence-electron chi connectivity index (χ0n) is 14.5. The number of benzene rings is 1. The van der Waals surface area contributed by atoms with Crippen LogP contribution in [0.15, 0.2) is 18.2 Å². The fraction of sp³-hybridized carbons (Fsp3) is 0.529. The summed E-state index contributed by atoms with van der Waals surface area (Å²) in [7, 11) is 3.21. The normalized spacial score (nSPS) is 10.3. The van der Waals surface area contributed by atoms with Gasteiger partial charge in [0.25, 0.3) is 0 Å². The molecule has 0 saturated heterocycles. The summed E-state index contributed by atoms with van der Waals surface area (Å²) in [5, 5.41) is 11.4. The molecule has 0 radical (unpaired) electrons. The van der Waals surface area contributed by atoms with Crippen LogP contribution in [0.2, 0.25) is 0 Å². The predicted molar refractivity (Wildman–Crippen MR) is 90.3 cm³/mol. The Morgan fingerprint density at radius 1 is 1.29 bits per heavy atom. The van der Waals surface area contributed by atoms with Crippen molar-refractivity contribution in [3.8, 4) is 5.75 Å². The number of aryl methyl sites for hydroxylation is 1. The summed E-state index contributed by atoms with van der Waals surface area (Å²) >= 11 is 0. The molecule has 0 bridgehead atoms. The van der Waals surface area contributed by atoms with E-state index in [1.807, 2.05) is 25.1 Å². The first kappa shape index (κ1) is 19.8. The molecule has 0 fully saturated rings. The van der Waals surface area contributed by atoms with Crippen molar-refractivity contribution in [1.29, 1.82) is 0 Å². The smallest absolute Gasteiger partial charge is 0.317 e. The Kier molecular flexibility index (Phi) is 8.64. The number of carbonyl (C=O) groups is 2. The molecule has 7 heteroatoms. The van der Waals surface area contributed by atoms with Crippen LogP contribution in [0, 0.1) is 6.92 Å². The summed E-state index contributed by atoms with van der Waals surface area (Å²) in [4.78, 5) is 23.9. The molecule has 24 heavy (non-hydrogen) atoms. The Morgan fingerprint density at radius 2 is 2.04 bits per heavy atom. The summed E-state index contributed by atoms with van der Waals surface area (Å²) in [6, 6.07) is 5.49.